The molecule has 0 aromatic carbocycles. The number of hydrogen-bond donors (Lipinski definition) is 0. The molecule has 1 aromatic heterocycles. The van der Waals surface area contributed by atoms with Crippen LogP contribution in [0.25, 0.3) is 0 Å². The van der Waals surface area contributed by atoms with Crippen LogP contribution in [0, 0.1) is 5.92 Å². The molecule has 1 amide bonds. The smallest absolute Gasteiger partial charge is 0.410 e. The molecule has 2 saturated heterocycles. The van der Waals surface area contributed by atoms with Gasteiger partial charge in [0.05, 0.1) is 0 Å². The van der Waals surface area contributed by atoms with Crippen molar-refractivity contribution in [3.05, 3.63) is 12.1 Å². The van der Waals surface area contributed by atoms with E-state index >= 15 is 0 Å². The second-order valence-electron chi connectivity index (χ2n) is 10.4. The van der Waals surface area contributed by atoms with Crippen molar-refractivity contribution in [2.45, 2.75) is 115 Å². The first-order valence-corrected chi connectivity index (χ1v) is 12.0. The number of carbonyl (C=O) groups is 1. The molecule has 4 rings (SSSR count). The molecule has 7 heteroatoms. The summed E-state index contributed by atoms with van der Waals surface area (Å²) in [6, 6.07) is 4.06. The first-order valence-electron chi connectivity index (χ1n) is 12.0. The van der Waals surface area contributed by atoms with Crippen LogP contribution in [0.3, 0.4) is 0 Å². The Kier molecular flexibility index (Phi) is 6.58. The molecule has 3 heterocycles. The van der Waals surface area contributed by atoms with Gasteiger partial charge in [-0.05, 0) is 65.2 Å². The second kappa shape index (κ2) is 9.21. The predicted molar refractivity (Wildman–Crippen MR) is 117 cm³/mol. The Morgan fingerprint density at radius 2 is 1.48 bits per heavy atom. The number of aromatic nitrogens is 2. The highest BCUT2D eigenvalue weighted by Gasteiger charge is 2.45. The normalized spacial score (nSPS) is 30.7. The molecule has 0 radical (unpaired) electrons. The van der Waals surface area contributed by atoms with E-state index in [4.69, 9.17) is 14.2 Å². The van der Waals surface area contributed by atoms with Gasteiger partial charge >= 0.3 is 6.09 Å². The Morgan fingerprint density at radius 3 is 1.97 bits per heavy atom. The molecule has 3 fully saturated rings. The highest BCUT2D eigenvalue weighted by atomic mass is 16.6. The third kappa shape index (κ3) is 5.60. The van der Waals surface area contributed by atoms with E-state index in [9.17, 15) is 4.79 Å². The van der Waals surface area contributed by atoms with Gasteiger partial charge in [-0.2, -0.15) is 0 Å². The lowest BCUT2D eigenvalue weighted by atomic mass is 9.86. The SMILES string of the molecule is CCC1CCC(Oc2ccc(OC3CC4CCC(C3)N4C(=O)OC(C)(C)C)nn2)CC1. The molecule has 1 aromatic rings. The number of carbonyl (C=O) groups excluding carboxylic acids is 1. The lowest BCUT2D eigenvalue weighted by molar-refractivity contribution is -0.00777. The molecule has 31 heavy (non-hydrogen) atoms. The fourth-order valence-corrected chi connectivity index (χ4v) is 5.27. The summed E-state index contributed by atoms with van der Waals surface area (Å²) < 4.78 is 17.8. The Balaban J connectivity index is 1.27. The Morgan fingerprint density at radius 1 is 0.935 bits per heavy atom. The molecule has 1 saturated carbocycles. The van der Waals surface area contributed by atoms with Crippen molar-refractivity contribution < 1.29 is 19.0 Å². The highest BCUT2D eigenvalue weighted by molar-refractivity contribution is 5.69. The first-order chi connectivity index (χ1) is 14.8. The quantitative estimate of drug-likeness (QED) is 0.643. The summed E-state index contributed by atoms with van der Waals surface area (Å²) in [5, 5.41) is 8.47. The van der Waals surface area contributed by atoms with Gasteiger partial charge in [-0.1, -0.05) is 13.3 Å². The minimum Gasteiger partial charge on any atom is -0.473 e. The summed E-state index contributed by atoms with van der Waals surface area (Å²) in [6.45, 7) is 7.99. The Labute approximate surface area is 185 Å². The summed E-state index contributed by atoms with van der Waals surface area (Å²) in [4.78, 5) is 14.5. The van der Waals surface area contributed by atoms with Gasteiger partial charge < -0.3 is 19.1 Å². The van der Waals surface area contributed by atoms with Gasteiger partial charge in [0.1, 0.15) is 17.8 Å². The average Bonchev–Trinajstić information content (AvgIpc) is 3.00. The summed E-state index contributed by atoms with van der Waals surface area (Å²) in [7, 11) is 0. The Bertz CT molecular complexity index is 726. The largest absolute Gasteiger partial charge is 0.473 e. The van der Waals surface area contributed by atoms with E-state index in [2.05, 4.69) is 17.1 Å². The number of fused-ring (bicyclic) bond motifs is 2. The average molecular weight is 432 g/mol. The van der Waals surface area contributed by atoms with Crippen molar-refractivity contribution in [1.29, 1.82) is 0 Å². The second-order valence-corrected chi connectivity index (χ2v) is 10.4. The third-order valence-corrected chi connectivity index (χ3v) is 6.86. The molecule has 7 nitrogen and oxygen atoms in total. The van der Waals surface area contributed by atoms with Gasteiger partial charge in [0.25, 0.3) is 0 Å². The van der Waals surface area contributed by atoms with Crippen LogP contribution >= 0.6 is 0 Å². The molecular formula is C24H37N3O4. The predicted octanol–water partition coefficient (Wildman–Crippen LogP) is 5.13. The standard InChI is InChI=1S/C24H37N3O4/c1-5-16-6-10-19(11-7-16)29-21-12-13-22(26-25-21)30-20-14-17-8-9-18(15-20)27(17)23(28)31-24(2,3)4/h12-13,16-20H,5-11,14-15H2,1-4H3. The molecule has 2 aliphatic heterocycles. The summed E-state index contributed by atoms with van der Waals surface area (Å²) in [5.74, 6) is 1.95. The molecule has 172 valence electrons. The van der Waals surface area contributed by atoms with Crippen LogP contribution in [-0.4, -0.2) is 51.1 Å². The molecule has 2 unspecified atom stereocenters. The molecular weight excluding hydrogens is 394 g/mol. The van der Waals surface area contributed by atoms with Crippen LogP contribution in [-0.2, 0) is 4.74 Å². The molecule has 3 aliphatic rings. The summed E-state index contributed by atoms with van der Waals surface area (Å²) in [5.41, 5.74) is -0.474. The molecule has 1 aliphatic carbocycles. The monoisotopic (exact) mass is 431 g/mol. The number of rotatable bonds is 5. The molecule has 0 N–H and O–H groups in total. The maximum atomic E-state index is 12.6. The zero-order valence-electron chi connectivity index (χ0n) is 19.4. The Hall–Kier alpha value is -2.05. The van der Waals surface area contributed by atoms with Crippen LogP contribution in [0.5, 0.6) is 11.8 Å². The zero-order chi connectivity index (χ0) is 22.0. The molecule has 0 spiro atoms. The van der Waals surface area contributed by atoms with E-state index in [1.807, 2.05) is 37.8 Å². The minimum atomic E-state index is -0.474. The van der Waals surface area contributed by atoms with Crippen LogP contribution in [0.2, 0.25) is 0 Å². The number of piperidine rings is 1. The lowest BCUT2D eigenvalue weighted by Crippen LogP contribution is -2.50. The molecule has 2 bridgehead atoms. The van der Waals surface area contributed by atoms with E-state index < -0.39 is 5.60 Å². The molecule has 2 atom stereocenters. The van der Waals surface area contributed by atoms with Gasteiger partial charge in [-0.25, -0.2) is 4.79 Å². The zero-order valence-corrected chi connectivity index (χ0v) is 19.4. The topological polar surface area (TPSA) is 73.8 Å². The fraction of sp³-hybridized carbons (Fsp3) is 0.792. The van der Waals surface area contributed by atoms with Gasteiger partial charge in [-0.15, -0.1) is 10.2 Å². The third-order valence-electron chi connectivity index (χ3n) is 6.86. The maximum absolute atomic E-state index is 12.6. The van der Waals surface area contributed by atoms with Crippen molar-refractivity contribution in [1.82, 2.24) is 15.1 Å². The van der Waals surface area contributed by atoms with Crippen molar-refractivity contribution in [2.24, 2.45) is 5.92 Å². The van der Waals surface area contributed by atoms with Crippen molar-refractivity contribution in [2.75, 3.05) is 0 Å². The van der Waals surface area contributed by atoms with Gasteiger partial charge in [0.15, 0.2) is 0 Å². The van der Waals surface area contributed by atoms with Gasteiger partial charge in [-0.3, -0.25) is 0 Å². The lowest BCUT2D eigenvalue weighted by Gasteiger charge is -2.39. The number of hydrogen-bond acceptors (Lipinski definition) is 6. The number of ether oxygens (including phenoxy) is 3. The number of nitrogens with zero attached hydrogens (tertiary/aromatic N) is 3. The maximum Gasteiger partial charge on any atom is 0.410 e. The fourth-order valence-electron chi connectivity index (χ4n) is 5.27. The van der Waals surface area contributed by atoms with Gasteiger partial charge in [0.2, 0.25) is 11.8 Å². The van der Waals surface area contributed by atoms with E-state index in [1.54, 1.807) is 0 Å². The highest BCUT2D eigenvalue weighted by Crippen LogP contribution is 2.38. The van der Waals surface area contributed by atoms with E-state index in [-0.39, 0.29) is 30.4 Å². The number of amides is 1. The van der Waals surface area contributed by atoms with E-state index in [0.29, 0.717) is 11.8 Å². The van der Waals surface area contributed by atoms with E-state index in [0.717, 1.165) is 44.4 Å². The minimum absolute atomic E-state index is 0.0431. The van der Waals surface area contributed by atoms with Crippen LogP contribution < -0.4 is 9.47 Å². The first kappa shape index (κ1) is 22.2. The van der Waals surface area contributed by atoms with Gasteiger partial charge in [0, 0.05) is 37.1 Å². The summed E-state index contributed by atoms with van der Waals surface area (Å²) in [6.07, 6.45) is 9.62. The van der Waals surface area contributed by atoms with Crippen molar-refractivity contribution >= 4 is 6.09 Å². The van der Waals surface area contributed by atoms with Crippen molar-refractivity contribution in [3.8, 4) is 11.8 Å². The van der Waals surface area contributed by atoms with E-state index in [1.165, 1.54) is 19.3 Å². The van der Waals surface area contributed by atoms with Crippen molar-refractivity contribution in [3.63, 3.8) is 0 Å². The van der Waals surface area contributed by atoms with Crippen LogP contribution in [0.1, 0.15) is 85.5 Å². The van der Waals surface area contributed by atoms with Crippen LogP contribution in [0.4, 0.5) is 4.79 Å². The summed E-state index contributed by atoms with van der Waals surface area (Å²) >= 11 is 0. The van der Waals surface area contributed by atoms with Crippen LogP contribution in [0.15, 0.2) is 12.1 Å².